The Morgan fingerprint density at radius 3 is 2.74 bits per heavy atom. The van der Waals surface area contributed by atoms with Crippen LogP contribution in [-0.4, -0.2) is 37.4 Å². The molecule has 128 valence electrons. The molecule has 1 fully saturated rings. The molecule has 9 heteroatoms. The van der Waals surface area contributed by atoms with Crippen LogP contribution in [0.4, 0.5) is 11.4 Å². The van der Waals surface area contributed by atoms with E-state index in [0.717, 1.165) is 31.1 Å². The van der Waals surface area contributed by atoms with Crippen molar-refractivity contribution in [3.05, 3.63) is 28.3 Å². The predicted octanol–water partition coefficient (Wildman–Crippen LogP) is 2.59. The van der Waals surface area contributed by atoms with Crippen LogP contribution in [0.3, 0.4) is 0 Å². The van der Waals surface area contributed by atoms with Crippen molar-refractivity contribution < 1.29 is 13.3 Å². The SMILES string of the molecule is CCSC1CCCC1Nc1ccc(S(=O)(=O)NC)cc1[N+](=O)[O-]. The van der Waals surface area contributed by atoms with Gasteiger partial charge in [0.25, 0.3) is 5.69 Å². The van der Waals surface area contributed by atoms with Crippen molar-refractivity contribution in [2.45, 2.75) is 42.4 Å². The molecular formula is C14H21N3O4S2. The number of hydrogen-bond acceptors (Lipinski definition) is 6. The number of nitro benzene ring substituents is 1. The Hall–Kier alpha value is -1.32. The molecule has 1 aromatic rings. The van der Waals surface area contributed by atoms with E-state index >= 15 is 0 Å². The Bertz CT molecular complexity index is 679. The lowest BCUT2D eigenvalue weighted by atomic mass is 10.2. The summed E-state index contributed by atoms with van der Waals surface area (Å²) in [6, 6.07) is 4.14. The third-order valence-electron chi connectivity index (χ3n) is 3.92. The van der Waals surface area contributed by atoms with E-state index in [1.807, 2.05) is 11.8 Å². The highest BCUT2D eigenvalue weighted by Gasteiger charge is 2.29. The second kappa shape index (κ2) is 7.50. The fraction of sp³-hybridized carbons (Fsp3) is 0.571. The Balaban J connectivity index is 2.30. The van der Waals surface area contributed by atoms with E-state index in [-0.39, 0.29) is 16.6 Å². The minimum atomic E-state index is -3.70. The summed E-state index contributed by atoms with van der Waals surface area (Å²) in [5, 5.41) is 15.0. The highest BCUT2D eigenvalue weighted by molar-refractivity contribution is 7.99. The zero-order chi connectivity index (χ0) is 17.0. The molecule has 1 saturated carbocycles. The minimum absolute atomic E-state index is 0.108. The Morgan fingerprint density at radius 1 is 1.39 bits per heavy atom. The summed E-state index contributed by atoms with van der Waals surface area (Å²) < 4.78 is 25.8. The van der Waals surface area contributed by atoms with Crippen molar-refractivity contribution in [1.82, 2.24) is 4.72 Å². The summed E-state index contributed by atoms with van der Waals surface area (Å²) in [7, 11) is -2.43. The molecular weight excluding hydrogens is 338 g/mol. The van der Waals surface area contributed by atoms with Gasteiger partial charge in [-0.1, -0.05) is 13.3 Å². The van der Waals surface area contributed by atoms with Gasteiger partial charge in [-0.05, 0) is 37.8 Å². The van der Waals surface area contributed by atoms with E-state index in [0.29, 0.717) is 10.9 Å². The fourth-order valence-electron chi connectivity index (χ4n) is 2.77. The zero-order valence-corrected chi connectivity index (χ0v) is 14.7. The summed E-state index contributed by atoms with van der Waals surface area (Å²) in [5.74, 6) is 1.00. The lowest BCUT2D eigenvalue weighted by Gasteiger charge is -2.21. The second-order valence-corrected chi connectivity index (χ2v) is 8.72. The minimum Gasteiger partial charge on any atom is -0.376 e. The van der Waals surface area contributed by atoms with Crippen LogP contribution in [0.1, 0.15) is 26.2 Å². The number of nitrogens with zero attached hydrogens (tertiary/aromatic N) is 1. The molecule has 0 aromatic heterocycles. The highest BCUT2D eigenvalue weighted by atomic mass is 32.2. The van der Waals surface area contributed by atoms with Gasteiger partial charge < -0.3 is 5.32 Å². The van der Waals surface area contributed by atoms with E-state index in [4.69, 9.17) is 0 Å². The van der Waals surface area contributed by atoms with Gasteiger partial charge in [0.15, 0.2) is 0 Å². The smallest absolute Gasteiger partial charge is 0.293 e. The van der Waals surface area contributed by atoms with Gasteiger partial charge in [-0.3, -0.25) is 10.1 Å². The summed E-state index contributed by atoms with van der Waals surface area (Å²) in [6.07, 6.45) is 3.15. The number of benzene rings is 1. The van der Waals surface area contributed by atoms with Crippen molar-refractivity contribution in [1.29, 1.82) is 0 Å². The number of thioether (sulfide) groups is 1. The maximum Gasteiger partial charge on any atom is 0.293 e. The topological polar surface area (TPSA) is 101 Å². The quantitative estimate of drug-likeness (QED) is 0.573. The van der Waals surface area contributed by atoms with Crippen molar-refractivity contribution in [3.63, 3.8) is 0 Å². The Morgan fingerprint density at radius 2 is 2.13 bits per heavy atom. The molecule has 1 aromatic carbocycles. The van der Waals surface area contributed by atoms with Gasteiger partial charge >= 0.3 is 0 Å². The molecule has 1 aliphatic rings. The molecule has 2 atom stereocenters. The Kier molecular flexibility index (Phi) is 5.88. The lowest BCUT2D eigenvalue weighted by molar-refractivity contribution is -0.384. The van der Waals surface area contributed by atoms with Crippen molar-refractivity contribution >= 4 is 33.2 Å². The van der Waals surface area contributed by atoms with Crippen LogP contribution in [0.2, 0.25) is 0 Å². The first-order chi connectivity index (χ1) is 10.9. The van der Waals surface area contributed by atoms with Crippen molar-refractivity contribution in [2.75, 3.05) is 18.1 Å². The molecule has 0 bridgehead atoms. The third kappa shape index (κ3) is 4.15. The third-order valence-corrected chi connectivity index (χ3v) is 6.66. The summed E-state index contributed by atoms with van der Waals surface area (Å²) >= 11 is 1.85. The van der Waals surface area contributed by atoms with E-state index in [2.05, 4.69) is 17.0 Å². The van der Waals surface area contributed by atoms with Gasteiger partial charge in [0, 0.05) is 17.4 Å². The number of nitro groups is 1. The molecule has 0 aliphatic heterocycles. The number of rotatable bonds is 7. The first-order valence-corrected chi connectivity index (χ1v) is 10.0. The molecule has 2 N–H and O–H groups in total. The van der Waals surface area contributed by atoms with Gasteiger partial charge in [0.2, 0.25) is 10.0 Å². The van der Waals surface area contributed by atoms with E-state index in [1.54, 1.807) is 0 Å². The van der Waals surface area contributed by atoms with Crippen LogP contribution in [-0.2, 0) is 10.0 Å². The van der Waals surface area contributed by atoms with Crippen LogP contribution in [0.15, 0.2) is 23.1 Å². The average molecular weight is 359 g/mol. The van der Waals surface area contributed by atoms with E-state index in [9.17, 15) is 18.5 Å². The number of sulfonamides is 1. The number of anilines is 1. The van der Waals surface area contributed by atoms with E-state index in [1.165, 1.54) is 19.2 Å². The van der Waals surface area contributed by atoms with Gasteiger partial charge in [-0.2, -0.15) is 11.8 Å². The molecule has 7 nitrogen and oxygen atoms in total. The van der Waals surface area contributed by atoms with Crippen LogP contribution in [0.5, 0.6) is 0 Å². The van der Waals surface area contributed by atoms with Crippen LogP contribution in [0.25, 0.3) is 0 Å². The van der Waals surface area contributed by atoms with Gasteiger partial charge in [-0.15, -0.1) is 0 Å². The molecule has 0 heterocycles. The molecule has 23 heavy (non-hydrogen) atoms. The largest absolute Gasteiger partial charge is 0.376 e. The molecule has 0 saturated heterocycles. The first kappa shape index (κ1) is 18.0. The maximum atomic E-state index is 11.8. The standard InChI is InChI=1S/C14H21N3O4S2/c1-3-22-14-6-4-5-12(14)16-11-8-7-10(23(20,21)15-2)9-13(11)17(18)19/h7-9,12,14-16H,3-6H2,1-2H3. The van der Waals surface area contributed by atoms with E-state index < -0.39 is 14.9 Å². The highest BCUT2D eigenvalue weighted by Crippen LogP contribution is 2.35. The van der Waals surface area contributed by atoms with Gasteiger partial charge in [-0.25, -0.2) is 13.1 Å². The Labute approximate surface area is 140 Å². The summed E-state index contributed by atoms with van der Waals surface area (Å²) in [5.41, 5.74) is 0.159. The normalized spacial score (nSPS) is 21.3. The number of nitrogens with one attached hydrogen (secondary N) is 2. The van der Waals surface area contributed by atoms with Gasteiger partial charge in [0.05, 0.1) is 9.82 Å². The molecule has 0 spiro atoms. The first-order valence-electron chi connectivity index (χ1n) is 7.49. The predicted molar refractivity (Wildman–Crippen MR) is 92.5 cm³/mol. The zero-order valence-electron chi connectivity index (χ0n) is 13.1. The monoisotopic (exact) mass is 359 g/mol. The molecule has 2 unspecified atom stereocenters. The lowest BCUT2D eigenvalue weighted by Crippen LogP contribution is -2.26. The maximum absolute atomic E-state index is 11.8. The molecule has 2 rings (SSSR count). The summed E-state index contributed by atoms with van der Waals surface area (Å²) in [4.78, 5) is 10.7. The molecule has 1 aliphatic carbocycles. The second-order valence-electron chi connectivity index (χ2n) is 5.32. The molecule has 0 radical (unpaired) electrons. The fourth-order valence-corrected chi connectivity index (χ4v) is 4.72. The van der Waals surface area contributed by atoms with Crippen molar-refractivity contribution in [3.8, 4) is 0 Å². The van der Waals surface area contributed by atoms with Gasteiger partial charge in [0.1, 0.15) is 5.69 Å². The average Bonchev–Trinajstić information content (AvgIpc) is 2.95. The van der Waals surface area contributed by atoms with Crippen molar-refractivity contribution in [2.24, 2.45) is 0 Å². The summed E-state index contributed by atoms with van der Waals surface area (Å²) in [6.45, 7) is 2.10. The van der Waals surface area contributed by atoms with Crippen LogP contribution < -0.4 is 10.0 Å². The van der Waals surface area contributed by atoms with Crippen LogP contribution >= 0.6 is 11.8 Å². The number of hydrogen-bond donors (Lipinski definition) is 2. The molecule has 0 amide bonds. The van der Waals surface area contributed by atoms with Crippen LogP contribution in [0, 0.1) is 10.1 Å².